The van der Waals surface area contributed by atoms with Crippen LogP contribution in [0, 0.1) is 0 Å². The highest BCUT2D eigenvalue weighted by Crippen LogP contribution is 2.16. The molecule has 0 heterocycles. The Morgan fingerprint density at radius 1 is 1.05 bits per heavy atom. The van der Waals surface area contributed by atoms with Crippen molar-refractivity contribution in [3.05, 3.63) is 29.8 Å². The van der Waals surface area contributed by atoms with Crippen LogP contribution < -0.4 is 4.90 Å². The number of benzene rings is 1. The van der Waals surface area contributed by atoms with Gasteiger partial charge in [-0.2, -0.15) is 0 Å². The van der Waals surface area contributed by atoms with E-state index < -0.39 is 5.97 Å². The maximum atomic E-state index is 12.2. The van der Waals surface area contributed by atoms with Crippen LogP contribution >= 0.6 is 0 Å². The zero-order valence-electron chi connectivity index (χ0n) is 13.5. The molecule has 1 aromatic carbocycles. The van der Waals surface area contributed by atoms with Gasteiger partial charge in [-0.3, -0.25) is 9.59 Å². The minimum atomic E-state index is -0.444. The molecule has 0 saturated heterocycles. The third kappa shape index (κ3) is 4.31. The Kier molecular flexibility index (Phi) is 6.56. The molecule has 0 bridgehead atoms. The predicted octanol–water partition coefficient (Wildman–Crippen LogP) is 1.69. The first kappa shape index (κ1) is 17.7. The van der Waals surface area contributed by atoms with E-state index in [0.29, 0.717) is 24.3 Å². The van der Waals surface area contributed by atoms with Crippen LogP contribution in [0.15, 0.2) is 24.3 Å². The van der Waals surface area contributed by atoms with Gasteiger partial charge in [-0.25, -0.2) is 4.79 Å². The predicted molar refractivity (Wildman–Crippen MR) is 83.7 cm³/mol. The second-order valence-electron chi connectivity index (χ2n) is 4.71. The lowest BCUT2D eigenvalue weighted by Gasteiger charge is -2.25. The van der Waals surface area contributed by atoms with Crippen molar-refractivity contribution >= 4 is 23.5 Å². The van der Waals surface area contributed by atoms with Crippen LogP contribution in [0.2, 0.25) is 0 Å². The molecule has 0 spiro atoms. The van der Waals surface area contributed by atoms with Crippen LogP contribution in [0.3, 0.4) is 0 Å². The van der Waals surface area contributed by atoms with Gasteiger partial charge in [-0.1, -0.05) is 0 Å². The lowest BCUT2D eigenvalue weighted by atomic mass is 10.2. The Morgan fingerprint density at radius 2 is 1.59 bits per heavy atom. The van der Waals surface area contributed by atoms with E-state index in [9.17, 15) is 14.4 Å². The largest absolute Gasteiger partial charge is 0.465 e. The molecule has 1 aromatic rings. The zero-order chi connectivity index (χ0) is 16.7. The lowest BCUT2D eigenvalue weighted by Crippen LogP contribution is -2.42. The summed E-state index contributed by atoms with van der Waals surface area (Å²) in [6.07, 6.45) is 0. The van der Waals surface area contributed by atoms with Gasteiger partial charge in [0.1, 0.15) is 6.54 Å². The SMILES string of the molecule is CCN(CC)C(=O)CN(C(C)=O)c1ccc(C(=O)OC)cc1. The van der Waals surface area contributed by atoms with Gasteiger partial charge < -0.3 is 14.5 Å². The van der Waals surface area contributed by atoms with E-state index in [1.54, 1.807) is 29.2 Å². The molecule has 0 aromatic heterocycles. The number of carbonyl (C=O) groups is 3. The number of methoxy groups -OCH3 is 1. The molecular weight excluding hydrogens is 284 g/mol. The molecule has 6 nitrogen and oxygen atoms in total. The molecule has 0 aliphatic rings. The molecule has 22 heavy (non-hydrogen) atoms. The first-order valence-electron chi connectivity index (χ1n) is 7.18. The molecule has 0 atom stereocenters. The van der Waals surface area contributed by atoms with Crippen molar-refractivity contribution in [3.8, 4) is 0 Å². The number of likely N-dealkylation sites (N-methyl/N-ethyl adjacent to an activating group) is 1. The minimum absolute atomic E-state index is 0.0193. The average molecular weight is 306 g/mol. The summed E-state index contributed by atoms with van der Waals surface area (Å²) in [5.41, 5.74) is 0.963. The third-order valence-electron chi connectivity index (χ3n) is 3.39. The second kappa shape index (κ2) is 8.17. The van der Waals surface area contributed by atoms with Crippen LogP contribution in [0.1, 0.15) is 31.1 Å². The maximum Gasteiger partial charge on any atom is 0.337 e. The molecule has 0 unspecified atom stereocenters. The molecule has 6 heteroatoms. The molecule has 0 fully saturated rings. The fourth-order valence-corrected chi connectivity index (χ4v) is 2.09. The Bertz CT molecular complexity index is 536. The lowest BCUT2D eigenvalue weighted by molar-refractivity contribution is -0.130. The number of hydrogen-bond donors (Lipinski definition) is 0. The maximum absolute atomic E-state index is 12.2. The minimum Gasteiger partial charge on any atom is -0.465 e. The Morgan fingerprint density at radius 3 is 2.00 bits per heavy atom. The van der Waals surface area contributed by atoms with Gasteiger partial charge in [0.2, 0.25) is 11.8 Å². The molecule has 1 rings (SSSR count). The van der Waals surface area contributed by atoms with E-state index >= 15 is 0 Å². The van der Waals surface area contributed by atoms with E-state index in [1.165, 1.54) is 18.9 Å². The van der Waals surface area contributed by atoms with Crippen molar-refractivity contribution in [2.75, 3.05) is 31.6 Å². The highest BCUT2D eigenvalue weighted by Gasteiger charge is 2.19. The fourth-order valence-electron chi connectivity index (χ4n) is 2.09. The summed E-state index contributed by atoms with van der Waals surface area (Å²) in [6, 6.07) is 6.39. The average Bonchev–Trinajstić information content (AvgIpc) is 2.53. The quantitative estimate of drug-likeness (QED) is 0.750. The monoisotopic (exact) mass is 306 g/mol. The van der Waals surface area contributed by atoms with Gasteiger partial charge in [0, 0.05) is 25.7 Å². The van der Waals surface area contributed by atoms with E-state index in [4.69, 9.17) is 0 Å². The van der Waals surface area contributed by atoms with Gasteiger partial charge in [-0.05, 0) is 38.1 Å². The molecule has 0 radical (unpaired) electrons. The summed E-state index contributed by atoms with van der Waals surface area (Å²) in [5.74, 6) is -0.788. The summed E-state index contributed by atoms with van der Waals surface area (Å²) in [7, 11) is 1.31. The number of nitrogens with zero attached hydrogens (tertiary/aromatic N) is 2. The summed E-state index contributed by atoms with van der Waals surface area (Å²) in [4.78, 5) is 38.5. The first-order chi connectivity index (χ1) is 10.4. The molecular formula is C16H22N2O4. The number of hydrogen-bond acceptors (Lipinski definition) is 4. The fraction of sp³-hybridized carbons (Fsp3) is 0.438. The van der Waals surface area contributed by atoms with E-state index in [1.807, 2.05) is 13.8 Å². The van der Waals surface area contributed by atoms with Crippen molar-refractivity contribution in [1.82, 2.24) is 4.90 Å². The highest BCUT2D eigenvalue weighted by atomic mass is 16.5. The van der Waals surface area contributed by atoms with Crippen LogP contribution in [0.25, 0.3) is 0 Å². The Hall–Kier alpha value is -2.37. The van der Waals surface area contributed by atoms with Crippen LogP contribution in [0.4, 0.5) is 5.69 Å². The number of rotatable bonds is 6. The molecule has 0 saturated carbocycles. The Balaban J connectivity index is 2.94. The van der Waals surface area contributed by atoms with E-state index in [2.05, 4.69) is 4.74 Å². The molecule has 0 aliphatic heterocycles. The van der Waals surface area contributed by atoms with Crippen LogP contribution in [-0.2, 0) is 14.3 Å². The topological polar surface area (TPSA) is 66.9 Å². The van der Waals surface area contributed by atoms with Gasteiger partial charge in [0.15, 0.2) is 0 Å². The normalized spacial score (nSPS) is 10.0. The van der Waals surface area contributed by atoms with Gasteiger partial charge >= 0.3 is 5.97 Å². The van der Waals surface area contributed by atoms with Crippen LogP contribution in [0.5, 0.6) is 0 Å². The number of ether oxygens (including phenoxy) is 1. The van der Waals surface area contributed by atoms with Gasteiger partial charge in [0.05, 0.1) is 12.7 Å². The van der Waals surface area contributed by atoms with Gasteiger partial charge in [-0.15, -0.1) is 0 Å². The van der Waals surface area contributed by atoms with E-state index in [0.717, 1.165) is 0 Å². The zero-order valence-corrected chi connectivity index (χ0v) is 13.5. The molecule has 120 valence electrons. The summed E-state index contributed by atoms with van der Waals surface area (Å²) >= 11 is 0. The second-order valence-corrected chi connectivity index (χ2v) is 4.71. The number of anilines is 1. The van der Waals surface area contributed by atoms with E-state index in [-0.39, 0.29) is 18.4 Å². The number of esters is 1. The highest BCUT2D eigenvalue weighted by molar-refractivity contribution is 5.98. The van der Waals surface area contributed by atoms with Crippen molar-refractivity contribution in [2.24, 2.45) is 0 Å². The first-order valence-corrected chi connectivity index (χ1v) is 7.18. The smallest absolute Gasteiger partial charge is 0.337 e. The van der Waals surface area contributed by atoms with Crippen LogP contribution in [-0.4, -0.2) is 49.4 Å². The standard InChI is InChI=1S/C16H22N2O4/c1-5-17(6-2)15(20)11-18(12(3)19)14-9-7-13(8-10-14)16(21)22-4/h7-10H,5-6,11H2,1-4H3. The van der Waals surface area contributed by atoms with Crippen molar-refractivity contribution in [1.29, 1.82) is 0 Å². The summed E-state index contributed by atoms with van der Waals surface area (Å²) in [6.45, 7) is 6.37. The Labute approximate surface area is 130 Å². The molecule has 0 aliphatic carbocycles. The molecule has 2 amide bonds. The van der Waals surface area contributed by atoms with Crippen molar-refractivity contribution in [2.45, 2.75) is 20.8 Å². The number of amides is 2. The van der Waals surface area contributed by atoms with Gasteiger partial charge in [0.25, 0.3) is 0 Å². The number of carbonyl (C=O) groups excluding carboxylic acids is 3. The summed E-state index contributed by atoms with van der Waals surface area (Å²) in [5, 5.41) is 0. The van der Waals surface area contributed by atoms with Crippen molar-refractivity contribution in [3.63, 3.8) is 0 Å². The third-order valence-corrected chi connectivity index (χ3v) is 3.39. The summed E-state index contributed by atoms with van der Waals surface area (Å²) < 4.78 is 4.63. The molecule has 0 N–H and O–H groups in total. The van der Waals surface area contributed by atoms with Crippen molar-refractivity contribution < 1.29 is 19.1 Å².